The molecule has 1 saturated heterocycles. The highest BCUT2D eigenvalue weighted by molar-refractivity contribution is 6.02. The number of oxime groups is 1. The van der Waals surface area contributed by atoms with E-state index < -0.39 is 30.1 Å². The standard InChI is InChI=1S/C44H58N2O9/c1-4-24-50-33-20-21-38-36(28-33)41-34(18-10-13-23-48)32(17-9-12-22-47)27-35-37(45-55-40-19-11-14-26-51-40)29-39(44(54-38,42(35)41)53-25-5-2)46(3)43(49)52-30-31-15-7-6-8-16-31/h4-8,15-16,20-21,27-28,32,34,39-42,47-48H,1-2,9-14,17-19,22-26,29-30H2,3H3. The lowest BCUT2D eigenvalue weighted by molar-refractivity contribution is -0.254. The van der Waals surface area contributed by atoms with Crippen LogP contribution in [0.5, 0.6) is 11.5 Å². The molecule has 2 heterocycles. The fourth-order valence-corrected chi connectivity index (χ4v) is 8.84. The third kappa shape index (κ3) is 9.28. The van der Waals surface area contributed by atoms with Crippen LogP contribution in [0.25, 0.3) is 0 Å². The molecule has 7 atom stereocenters. The zero-order valence-corrected chi connectivity index (χ0v) is 32.2. The number of amides is 1. The summed E-state index contributed by atoms with van der Waals surface area (Å²) in [6.45, 7) is 9.31. The van der Waals surface area contributed by atoms with E-state index in [1.807, 2.05) is 42.5 Å². The summed E-state index contributed by atoms with van der Waals surface area (Å²) in [4.78, 5) is 21.9. The maximum atomic E-state index is 14.1. The number of nitrogens with zero attached hydrogens (tertiary/aromatic N) is 2. The Balaban J connectivity index is 1.51. The van der Waals surface area contributed by atoms with Gasteiger partial charge >= 0.3 is 6.09 Å². The number of aliphatic hydroxyl groups excluding tert-OH is 2. The summed E-state index contributed by atoms with van der Waals surface area (Å²) in [5.74, 6) is -0.393. The van der Waals surface area contributed by atoms with Gasteiger partial charge in [0.25, 0.3) is 0 Å². The molecule has 0 spiro atoms. The third-order valence-corrected chi connectivity index (χ3v) is 11.4. The minimum absolute atomic E-state index is 0.0981. The second-order valence-corrected chi connectivity index (χ2v) is 14.9. The number of hydrogen-bond donors (Lipinski definition) is 2. The maximum Gasteiger partial charge on any atom is 0.410 e. The molecule has 2 aliphatic heterocycles. The Morgan fingerprint density at radius 2 is 1.80 bits per heavy atom. The van der Waals surface area contributed by atoms with Crippen molar-refractivity contribution in [3.63, 3.8) is 0 Å². The monoisotopic (exact) mass is 758 g/mol. The lowest BCUT2D eigenvalue weighted by Crippen LogP contribution is -2.69. The molecule has 2 aromatic rings. The lowest BCUT2D eigenvalue weighted by Gasteiger charge is -2.59. The van der Waals surface area contributed by atoms with Crippen LogP contribution in [-0.4, -0.2) is 85.1 Å². The van der Waals surface area contributed by atoms with E-state index in [1.165, 1.54) is 0 Å². The van der Waals surface area contributed by atoms with E-state index in [-0.39, 0.29) is 50.6 Å². The first-order valence-electron chi connectivity index (χ1n) is 20.0. The van der Waals surface area contributed by atoms with Crippen molar-refractivity contribution in [1.82, 2.24) is 4.90 Å². The lowest BCUT2D eigenvalue weighted by atomic mass is 9.55. The van der Waals surface area contributed by atoms with Crippen LogP contribution in [-0.2, 0) is 25.7 Å². The Kier molecular flexibility index (Phi) is 14.4. The van der Waals surface area contributed by atoms with Gasteiger partial charge in [-0.15, -0.1) is 6.58 Å². The molecule has 2 aromatic carbocycles. The first-order chi connectivity index (χ1) is 26.9. The van der Waals surface area contributed by atoms with E-state index in [4.69, 9.17) is 33.7 Å². The summed E-state index contributed by atoms with van der Waals surface area (Å²) < 4.78 is 32.1. The molecule has 298 valence electrons. The highest BCUT2D eigenvalue weighted by Gasteiger charge is 2.65. The third-order valence-electron chi connectivity index (χ3n) is 11.4. The summed E-state index contributed by atoms with van der Waals surface area (Å²) in [7, 11) is 1.73. The summed E-state index contributed by atoms with van der Waals surface area (Å²) in [5.41, 5.74) is 3.54. The second kappa shape index (κ2) is 19.6. The Hall–Kier alpha value is -4.16. The minimum atomic E-state index is -1.37. The number of ether oxygens (including phenoxy) is 5. The van der Waals surface area contributed by atoms with Crippen LogP contribution >= 0.6 is 0 Å². The molecule has 0 radical (unpaired) electrons. The first-order valence-corrected chi connectivity index (χ1v) is 20.0. The maximum absolute atomic E-state index is 14.1. The van der Waals surface area contributed by atoms with Gasteiger partial charge in [0.05, 0.1) is 24.8 Å². The van der Waals surface area contributed by atoms with E-state index in [2.05, 4.69) is 25.3 Å². The average Bonchev–Trinajstić information content (AvgIpc) is 3.22. The van der Waals surface area contributed by atoms with Gasteiger partial charge in [0, 0.05) is 44.6 Å². The fraction of sp³-hybridized carbons (Fsp3) is 0.545. The molecule has 7 unspecified atom stereocenters. The molecule has 2 N–H and O–H groups in total. The van der Waals surface area contributed by atoms with Crippen molar-refractivity contribution in [2.24, 2.45) is 22.9 Å². The van der Waals surface area contributed by atoms with E-state index in [9.17, 15) is 15.0 Å². The number of carbonyl (C=O) groups is 1. The number of allylic oxidation sites excluding steroid dienone is 1. The van der Waals surface area contributed by atoms with Gasteiger partial charge in [0.1, 0.15) is 30.8 Å². The minimum Gasteiger partial charge on any atom is -0.490 e. The van der Waals surface area contributed by atoms with Crippen LogP contribution in [0, 0.1) is 17.8 Å². The van der Waals surface area contributed by atoms with Gasteiger partial charge in [0.15, 0.2) is 0 Å². The van der Waals surface area contributed by atoms with Crippen LogP contribution < -0.4 is 9.47 Å². The van der Waals surface area contributed by atoms with Crippen LogP contribution in [0.15, 0.2) is 90.6 Å². The van der Waals surface area contributed by atoms with Crippen molar-refractivity contribution in [2.75, 3.05) is 40.1 Å². The fourth-order valence-electron chi connectivity index (χ4n) is 8.84. The number of fused-ring (bicyclic) bond motifs is 2. The number of unbranched alkanes of at least 4 members (excludes halogenated alkanes) is 2. The Labute approximate surface area is 325 Å². The van der Waals surface area contributed by atoms with Crippen LogP contribution in [0.2, 0.25) is 0 Å². The van der Waals surface area contributed by atoms with Crippen LogP contribution in [0.1, 0.15) is 81.3 Å². The second-order valence-electron chi connectivity index (χ2n) is 14.9. The number of hydrogen-bond acceptors (Lipinski definition) is 10. The van der Waals surface area contributed by atoms with Crippen LogP contribution in [0.4, 0.5) is 4.79 Å². The van der Waals surface area contributed by atoms with Crippen molar-refractivity contribution in [1.29, 1.82) is 0 Å². The molecule has 1 amide bonds. The van der Waals surface area contributed by atoms with Crippen molar-refractivity contribution >= 4 is 11.8 Å². The predicted octanol–water partition coefficient (Wildman–Crippen LogP) is 7.68. The summed E-state index contributed by atoms with van der Waals surface area (Å²) >= 11 is 0. The van der Waals surface area contributed by atoms with Gasteiger partial charge in [0.2, 0.25) is 12.1 Å². The van der Waals surface area contributed by atoms with Gasteiger partial charge in [-0.3, -0.25) is 0 Å². The van der Waals surface area contributed by atoms with Crippen molar-refractivity contribution < 1.29 is 43.5 Å². The smallest absolute Gasteiger partial charge is 0.410 e. The van der Waals surface area contributed by atoms with E-state index in [1.54, 1.807) is 24.1 Å². The van der Waals surface area contributed by atoms with Gasteiger partial charge in [-0.1, -0.05) is 73.1 Å². The van der Waals surface area contributed by atoms with Crippen molar-refractivity contribution in [3.8, 4) is 11.5 Å². The molecular weight excluding hydrogens is 700 g/mol. The molecule has 0 aromatic heterocycles. The van der Waals surface area contributed by atoms with Gasteiger partial charge in [-0.05, 0) is 79.7 Å². The molecule has 55 heavy (non-hydrogen) atoms. The highest BCUT2D eigenvalue weighted by atomic mass is 16.8. The quantitative estimate of drug-likeness (QED) is 0.0843. The highest BCUT2D eigenvalue weighted by Crippen LogP contribution is 2.61. The number of rotatable bonds is 19. The number of aliphatic hydroxyl groups is 2. The van der Waals surface area contributed by atoms with Crippen molar-refractivity contribution in [2.45, 2.75) is 94.9 Å². The predicted molar refractivity (Wildman–Crippen MR) is 210 cm³/mol. The SMILES string of the molecule is C=CCOc1ccc2c(c1)C1C(CCCCO)C(CCCCO)C=C3C(=NOC4CCCCO4)CC(N(C)C(=O)OCc4ccccc4)C(OCC=C)(O2)C31. The molecule has 2 aliphatic carbocycles. The van der Waals surface area contributed by atoms with Crippen LogP contribution in [0.3, 0.4) is 0 Å². The first kappa shape index (κ1) is 40.5. The summed E-state index contributed by atoms with van der Waals surface area (Å²) in [6.07, 6.45) is 12.5. The van der Waals surface area contributed by atoms with E-state index >= 15 is 0 Å². The summed E-state index contributed by atoms with van der Waals surface area (Å²) in [6, 6.07) is 14.8. The van der Waals surface area contributed by atoms with Gasteiger partial charge in [-0.2, -0.15) is 0 Å². The van der Waals surface area contributed by atoms with E-state index in [0.717, 1.165) is 61.6 Å². The zero-order valence-electron chi connectivity index (χ0n) is 32.2. The Morgan fingerprint density at radius 1 is 1.02 bits per heavy atom. The number of carbonyl (C=O) groups excluding carboxylic acids is 1. The average molecular weight is 759 g/mol. The van der Waals surface area contributed by atoms with E-state index in [0.29, 0.717) is 43.3 Å². The molecule has 4 aliphatic rings. The molecule has 1 saturated carbocycles. The van der Waals surface area contributed by atoms with Gasteiger partial charge < -0.3 is 43.6 Å². The Bertz CT molecular complexity index is 1640. The molecule has 11 nitrogen and oxygen atoms in total. The zero-order chi connectivity index (χ0) is 38.6. The molecule has 11 heteroatoms. The largest absolute Gasteiger partial charge is 0.490 e. The normalized spacial score (nSPS) is 27.5. The molecule has 0 bridgehead atoms. The number of benzene rings is 2. The van der Waals surface area contributed by atoms with Crippen molar-refractivity contribution in [3.05, 3.63) is 96.6 Å². The molecular formula is C44H58N2O9. The molecule has 2 fully saturated rings. The topological polar surface area (TPSA) is 129 Å². The van der Waals surface area contributed by atoms with Gasteiger partial charge in [-0.25, -0.2) is 4.79 Å². The summed E-state index contributed by atoms with van der Waals surface area (Å²) in [5, 5.41) is 24.5. The number of likely N-dealkylation sites (N-methyl/N-ethyl adjacent to an activating group) is 1. The molecule has 6 rings (SSSR count). The Morgan fingerprint density at radius 3 is 2.53 bits per heavy atom.